The second-order valence-electron chi connectivity index (χ2n) is 6.01. The average molecular weight is 359 g/mol. The highest BCUT2D eigenvalue weighted by atomic mass is 35.5. The Labute approximate surface area is 153 Å². The van der Waals surface area contributed by atoms with Crippen molar-refractivity contribution >= 4 is 23.7 Å². The second-order valence-corrected chi connectivity index (χ2v) is 6.41. The Hall–Kier alpha value is -2.33. The lowest BCUT2D eigenvalue weighted by atomic mass is 9.99. The minimum Gasteiger partial charge on any atom is -0.481 e. The molecule has 0 aliphatic heterocycles. The molecule has 1 N–H and O–H groups in total. The van der Waals surface area contributed by atoms with Gasteiger partial charge >= 0.3 is 0 Å². The molecule has 0 radical (unpaired) electrons. The Morgan fingerprint density at radius 3 is 2.64 bits per heavy atom. The molecule has 0 saturated heterocycles. The van der Waals surface area contributed by atoms with E-state index in [2.05, 4.69) is 29.6 Å². The van der Waals surface area contributed by atoms with Gasteiger partial charge in [-0.2, -0.15) is 5.10 Å². The number of carbonyl (C=O) groups excluding carboxylic acids is 1. The van der Waals surface area contributed by atoms with Gasteiger partial charge in [-0.15, -0.1) is 0 Å². The van der Waals surface area contributed by atoms with Crippen molar-refractivity contribution in [1.29, 1.82) is 0 Å². The molecular weight excluding hydrogens is 336 g/mol. The van der Waals surface area contributed by atoms with Crippen LogP contribution in [0.4, 0.5) is 0 Å². The van der Waals surface area contributed by atoms with Crippen LogP contribution in [0.1, 0.15) is 37.3 Å². The van der Waals surface area contributed by atoms with Gasteiger partial charge in [-0.1, -0.05) is 48.9 Å². The molecule has 0 aromatic heterocycles. The first-order chi connectivity index (χ1) is 12.0. The number of amides is 1. The first kappa shape index (κ1) is 19.0. The third kappa shape index (κ3) is 5.91. The van der Waals surface area contributed by atoms with Gasteiger partial charge in [-0.3, -0.25) is 4.79 Å². The van der Waals surface area contributed by atoms with Gasteiger partial charge in [0.25, 0.3) is 5.91 Å². The van der Waals surface area contributed by atoms with Gasteiger partial charge in [0.15, 0.2) is 6.10 Å². The monoisotopic (exact) mass is 358 g/mol. The van der Waals surface area contributed by atoms with Crippen molar-refractivity contribution in [3.05, 3.63) is 64.7 Å². The summed E-state index contributed by atoms with van der Waals surface area (Å²) in [5.41, 5.74) is 4.66. The summed E-state index contributed by atoms with van der Waals surface area (Å²) in [4.78, 5) is 12.0. The Bertz CT molecular complexity index is 732. The highest BCUT2D eigenvalue weighted by Crippen LogP contribution is 2.22. The van der Waals surface area contributed by atoms with Crippen LogP contribution < -0.4 is 10.2 Å². The van der Waals surface area contributed by atoms with Crippen LogP contribution in [0.3, 0.4) is 0 Å². The van der Waals surface area contributed by atoms with Crippen LogP contribution in [0.15, 0.2) is 53.6 Å². The van der Waals surface area contributed by atoms with E-state index in [1.807, 2.05) is 25.1 Å². The van der Waals surface area contributed by atoms with Crippen LogP contribution >= 0.6 is 11.6 Å². The number of carbonyl (C=O) groups is 1. The minimum absolute atomic E-state index is 0.295. The fraction of sp³-hybridized carbons (Fsp3) is 0.300. The summed E-state index contributed by atoms with van der Waals surface area (Å²) in [6.07, 6.45) is 1.81. The summed E-state index contributed by atoms with van der Waals surface area (Å²) in [7, 11) is 0. The summed E-state index contributed by atoms with van der Waals surface area (Å²) in [5, 5.41) is 4.67. The molecule has 5 heteroatoms. The maximum absolute atomic E-state index is 12.0. The largest absolute Gasteiger partial charge is 0.481 e. The van der Waals surface area contributed by atoms with E-state index >= 15 is 0 Å². The van der Waals surface area contributed by atoms with Crippen LogP contribution in [0.2, 0.25) is 5.02 Å². The molecular formula is C20H23ClN2O2. The number of aryl methyl sites for hydroxylation is 1. The number of halogens is 1. The number of hydrogen-bond donors (Lipinski definition) is 1. The number of nitrogens with zero attached hydrogens (tertiary/aromatic N) is 1. The molecule has 0 aliphatic rings. The fourth-order valence-corrected chi connectivity index (χ4v) is 2.39. The quantitative estimate of drug-likeness (QED) is 0.575. The molecule has 2 aromatic carbocycles. The van der Waals surface area contributed by atoms with Crippen molar-refractivity contribution in [3.63, 3.8) is 0 Å². The molecule has 0 fully saturated rings. The molecule has 0 bridgehead atoms. The van der Waals surface area contributed by atoms with Gasteiger partial charge in [0.2, 0.25) is 0 Å². The molecule has 0 aliphatic carbocycles. The summed E-state index contributed by atoms with van der Waals surface area (Å²) < 4.78 is 5.61. The maximum Gasteiger partial charge on any atom is 0.280 e. The molecule has 132 valence electrons. The average Bonchev–Trinajstić information content (AvgIpc) is 2.62. The normalized spacial score (nSPS) is 13.4. The van der Waals surface area contributed by atoms with E-state index in [0.29, 0.717) is 16.7 Å². The molecule has 2 aromatic rings. The zero-order chi connectivity index (χ0) is 18.2. The molecule has 0 saturated carbocycles. The molecule has 2 rings (SSSR count). The Morgan fingerprint density at radius 1 is 1.24 bits per heavy atom. The summed E-state index contributed by atoms with van der Waals surface area (Å²) >= 11 is 5.98. The number of nitrogens with one attached hydrogen (secondary N) is 1. The van der Waals surface area contributed by atoms with Crippen LogP contribution in [0.5, 0.6) is 5.75 Å². The van der Waals surface area contributed by atoms with E-state index in [-0.39, 0.29) is 5.91 Å². The van der Waals surface area contributed by atoms with Crippen molar-refractivity contribution in [2.24, 2.45) is 5.10 Å². The number of hydrazone groups is 1. The first-order valence-corrected chi connectivity index (χ1v) is 8.64. The number of benzene rings is 2. The number of ether oxygens (including phenoxy) is 1. The Morgan fingerprint density at radius 2 is 1.96 bits per heavy atom. The van der Waals surface area contributed by atoms with Crippen molar-refractivity contribution in [2.75, 3.05) is 0 Å². The highest BCUT2D eigenvalue weighted by Gasteiger charge is 2.14. The van der Waals surface area contributed by atoms with Crippen molar-refractivity contribution in [1.82, 2.24) is 5.43 Å². The van der Waals surface area contributed by atoms with Gasteiger partial charge in [-0.05, 0) is 55.5 Å². The summed E-state index contributed by atoms with van der Waals surface area (Å²) in [6.45, 7) is 5.69. The van der Waals surface area contributed by atoms with Crippen LogP contribution in [0.25, 0.3) is 0 Å². The molecule has 0 unspecified atom stereocenters. The molecule has 0 spiro atoms. The third-order valence-electron chi connectivity index (χ3n) is 3.91. The molecule has 1 amide bonds. The van der Waals surface area contributed by atoms with Crippen LogP contribution in [-0.2, 0) is 4.79 Å². The van der Waals surface area contributed by atoms with E-state index in [1.165, 1.54) is 5.56 Å². The zero-order valence-corrected chi connectivity index (χ0v) is 15.5. The fourth-order valence-electron chi connectivity index (χ4n) is 2.28. The van der Waals surface area contributed by atoms with Gasteiger partial charge in [0.05, 0.1) is 0 Å². The van der Waals surface area contributed by atoms with E-state index in [1.54, 1.807) is 31.3 Å². The van der Waals surface area contributed by atoms with E-state index in [4.69, 9.17) is 16.3 Å². The van der Waals surface area contributed by atoms with Crippen molar-refractivity contribution in [2.45, 2.75) is 39.2 Å². The standard InChI is InChI=1S/C20H23ClN2O2/c1-14(17-7-5-4-6-8-17)11-12-22-23-20(24)16(3)25-18-9-10-19(21)15(2)13-18/h4-10,12-14,16H,11H2,1-3H3,(H,23,24)/b22-12-/t14-,16+/m0/s1. The summed E-state index contributed by atoms with van der Waals surface area (Å²) in [6, 6.07) is 15.5. The van der Waals surface area contributed by atoms with E-state index in [0.717, 1.165) is 12.0 Å². The lowest BCUT2D eigenvalue weighted by Gasteiger charge is -2.14. The number of rotatable bonds is 7. The lowest BCUT2D eigenvalue weighted by molar-refractivity contribution is -0.127. The molecule has 25 heavy (non-hydrogen) atoms. The van der Waals surface area contributed by atoms with Crippen molar-refractivity contribution in [3.8, 4) is 5.75 Å². The minimum atomic E-state index is -0.649. The topological polar surface area (TPSA) is 50.7 Å². The van der Waals surface area contributed by atoms with Gasteiger partial charge in [0, 0.05) is 11.2 Å². The number of hydrogen-bond acceptors (Lipinski definition) is 3. The van der Waals surface area contributed by atoms with Crippen molar-refractivity contribution < 1.29 is 9.53 Å². The predicted molar refractivity (Wildman–Crippen MR) is 102 cm³/mol. The van der Waals surface area contributed by atoms with Gasteiger partial charge in [0.1, 0.15) is 5.75 Å². The predicted octanol–water partition coefficient (Wildman–Crippen LogP) is 4.71. The third-order valence-corrected chi connectivity index (χ3v) is 4.33. The highest BCUT2D eigenvalue weighted by molar-refractivity contribution is 6.31. The molecule has 0 heterocycles. The molecule has 4 nitrogen and oxygen atoms in total. The van der Waals surface area contributed by atoms with Crippen LogP contribution in [-0.4, -0.2) is 18.2 Å². The Balaban J connectivity index is 1.79. The first-order valence-electron chi connectivity index (χ1n) is 8.26. The van der Waals surface area contributed by atoms with Gasteiger partial charge in [-0.25, -0.2) is 5.43 Å². The Kier molecular flexibility index (Phi) is 7.02. The molecule has 2 atom stereocenters. The maximum atomic E-state index is 12.0. The SMILES string of the molecule is Cc1cc(O[C@H](C)C(=O)N/N=C\C[C@H](C)c2ccccc2)ccc1Cl. The smallest absolute Gasteiger partial charge is 0.280 e. The van der Waals surface area contributed by atoms with Gasteiger partial charge < -0.3 is 4.74 Å². The zero-order valence-electron chi connectivity index (χ0n) is 14.7. The van der Waals surface area contributed by atoms with Crippen LogP contribution in [0, 0.1) is 6.92 Å². The lowest BCUT2D eigenvalue weighted by Crippen LogP contribution is -2.33. The second kappa shape index (κ2) is 9.23. The van der Waals surface area contributed by atoms with E-state index in [9.17, 15) is 4.79 Å². The summed E-state index contributed by atoms with van der Waals surface area (Å²) in [5.74, 6) is 0.648. The van der Waals surface area contributed by atoms with E-state index < -0.39 is 6.10 Å².